The Bertz CT molecular complexity index is 458. The van der Waals surface area contributed by atoms with Gasteiger partial charge >= 0.3 is 0 Å². The Balaban J connectivity index is 2.40. The topological polar surface area (TPSA) is 42.0 Å². The standard InChI is InChI=1S/C21H36N2OS2/c1-4-6-8-10-14-19(15-11-9-7-5-2)21(24)18(3)23-26-25-20-16-12-13-17-22-20/h12-13,16-19,23H,4-11,14-15H2,1-3H3. The summed E-state index contributed by atoms with van der Waals surface area (Å²) in [4.78, 5) is 17.2. The van der Waals surface area contributed by atoms with Crippen LogP contribution in [0, 0.1) is 5.92 Å². The number of unbranched alkanes of at least 4 members (excludes halogenated alkanes) is 6. The molecule has 1 aromatic rings. The summed E-state index contributed by atoms with van der Waals surface area (Å²) in [6.45, 7) is 6.46. The Morgan fingerprint density at radius 1 is 1.04 bits per heavy atom. The minimum Gasteiger partial charge on any atom is -0.298 e. The van der Waals surface area contributed by atoms with Gasteiger partial charge in [0, 0.05) is 12.1 Å². The summed E-state index contributed by atoms with van der Waals surface area (Å²) in [6.07, 6.45) is 13.8. The molecule has 0 saturated carbocycles. The molecule has 1 unspecified atom stereocenters. The van der Waals surface area contributed by atoms with E-state index in [1.54, 1.807) is 17.0 Å². The molecular weight excluding hydrogens is 360 g/mol. The molecule has 1 aromatic heterocycles. The molecule has 0 aliphatic heterocycles. The number of nitrogens with one attached hydrogen (secondary N) is 1. The number of pyridine rings is 1. The van der Waals surface area contributed by atoms with E-state index >= 15 is 0 Å². The van der Waals surface area contributed by atoms with Crippen molar-refractivity contribution < 1.29 is 4.79 Å². The molecular formula is C21H36N2OS2. The number of ketones is 1. The molecule has 0 spiro atoms. The Hall–Kier alpha value is -0.520. The minimum absolute atomic E-state index is 0.112. The number of aromatic nitrogens is 1. The van der Waals surface area contributed by atoms with E-state index in [0.29, 0.717) is 5.78 Å². The van der Waals surface area contributed by atoms with Crippen LogP contribution in [0.2, 0.25) is 0 Å². The van der Waals surface area contributed by atoms with E-state index in [2.05, 4.69) is 23.6 Å². The van der Waals surface area contributed by atoms with Crippen molar-refractivity contribution in [2.24, 2.45) is 5.92 Å². The van der Waals surface area contributed by atoms with Crippen LogP contribution in [-0.2, 0) is 4.79 Å². The van der Waals surface area contributed by atoms with Crippen molar-refractivity contribution in [3.63, 3.8) is 0 Å². The summed E-state index contributed by atoms with van der Waals surface area (Å²) in [5.74, 6) is 0.596. The second-order valence-electron chi connectivity index (χ2n) is 6.97. The van der Waals surface area contributed by atoms with E-state index in [0.717, 1.165) is 17.9 Å². The second-order valence-corrected chi connectivity index (χ2v) is 8.96. The van der Waals surface area contributed by atoms with Crippen molar-refractivity contribution in [2.75, 3.05) is 0 Å². The van der Waals surface area contributed by atoms with Crippen LogP contribution in [0.4, 0.5) is 0 Å². The van der Waals surface area contributed by atoms with Crippen molar-refractivity contribution in [1.82, 2.24) is 9.71 Å². The van der Waals surface area contributed by atoms with Gasteiger partial charge in [-0.15, -0.1) is 0 Å². The fourth-order valence-electron chi connectivity index (χ4n) is 3.01. The maximum absolute atomic E-state index is 12.9. The van der Waals surface area contributed by atoms with Gasteiger partial charge in [0.05, 0.1) is 6.04 Å². The van der Waals surface area contributed by atoms with Gasteiger partial charge in [0.15, 0.2) is 5.78 Å². The molecule has 0 aromatic carbocycles. The highest BCUT2D eigenvalue weighted by Crippen LogP contribution is 2.27. The first-order chi connectivity index (χ1) is 12.7. The number of hydrogen-bond acceptors (Lipinski definition) is 5. The lowest BCUT2D eigenvalue weighted by Gasteiger charge is -2.20. The highest BCUT2D eigenvalue weighted by atomic mass is 33.1. The fraction of sp³-hybridized carbons (Fsp3) is 0.714. The van der Waals surface area contributed by atoms with E-state index in [4.69, 9.17) is 0 Å². The molecule has 0 aliphatic carbocycles. The molecule has 3 nitrogen and oxygen atoms in total. The molecule has 0 bridgehead atoms. The smallest absolute Gasteiger partial charge is 0.153 e. The number of nitrogens with zero attached hydrogens (tertiary/aromatic N) is 1. The van der Waals surface area contributed by atoms with Crippen LogP contribution in [-0.4, -0.2) is 16.8 Å². The summed E-state index contributed by atoms with van der Waals surface area (Å²) >= 11 is 0. The van der Waals surface area contributed by atoms with E-state index < -0.39 is 0 Å². The van der Waals surface area contributed by atoms with Crippen LogP contribution >= 0.6 is 21.8 Å². The highest BCUT2D eigenvalue weighted by molar-refractivity contribution is 8.76. The Morgan fingerprint density at radius 2 is 1.69 bits per heavy atom. The van der Waals surface area contributed by atoms with Gasteiger partial charge in [-0.3, -0.25) is 4.79 Å². The quantitative estimate of drug-likeness (QED) is 0.188. The first-order valence-corrected chi connectivity index (χ1v) is 12.4. The zero-order valence-corrected chi connectivity index (χ0v) is 18.3. The SMILES string of the molecule is CCCCCCC(CCCCCC)C(=O)C(C)NSSc1ccccn1. The molecule has 0 aliphatic rings. The molecule has 26 heavy (non-hydrogen) atoms. The molecule has 0 amide bonds. The van der Waals surface area contributed by atoms with Gasteiger partial charge in [-0.1, -0.05) is 71.3 Å². The average molecular weight is 397 g/mol. The molecule has 148 valence electrons. The molecule has 1 N–H and O–H groups in total. The molecule has 1 rings (SSSR count). The van der Waals surface area contributed by atoms with E-state index in [1.807, 2.05) is 25.1 Å². The Kier molecular flexibility index (Phi) is 14.0. The summed E-state index contributed by atoms with van der Waals surface area (Å²) in [5.41, 5.74) is 0. The third kappa shape index (κ3) is 10.6. The second kappa shape index (κ2) is 15.5. The molecule has 1 heterocycles. The summed E-state index contributed by atoms with van der Waals surface area (Å²) in [5, 5.41) is 0.959. The zero-order valence-electron chi connectivity index (χ0n) is 16.7. The van der Waals surface area contributed by atoms with Crippen molar-refractivity contribution in [3.8, 4) is 0 Å². The monoisotopic (exact) mass is 396 g/mol. The molecule has 1 atom stereocenters. The summed E-state index contributed by atoms with van der Waals surface area (Å²) in [7, 11) is 3.08. The number of carbonyl (C=O) groups is 1. The number of hydrogen-bond donors (Lipinski definition) is 1. The lowest BCUT2D eigenvalue weighted by atomic mass is 9.88. The fourth-order valence-corrected chi connectivity index (χ4v) is 4.77. The lowest BCUT2D eigenvalue weighted by Crippen LogP contribution is -2.34. The Labute approximate surface area is 168 Å². The molecule has 0 radical (unpaired) electrons. The van der Waals surface area contributed by atoms with Crippen LogP contribution in [0.3, 0.4) is 0 Å². The predicted molar refractivity (Wildman–Crippen MR) is 116 cm³/mol. The highest BCUT2D eigenvalue weighted by Gasteiger charge is 2.23. The van der Waals surface area contributed by atoms with Gasteiger partial charge in [0.2, 0.25) is 0 Å². The van der Waals surface area contributed by atoms with Crippen LogP contribution < -0.4 is 4.72 Å². The van der Waals surface area contributed by atoms with E-state index in [1.165, 1.54) is 62.3 Å². The number of rotatable bonds is 16. The third-order valence-electron chi connectivity index (χ3n) is 4.63. The minimum atomic E-state index is -0.112. The van der Waals surface area contributed by atoms with Gasteiger partial charge in [0.1, 0.15) is 5.03 Å². The van der Waals surface area contributed by atoms with Crippen LogP contribution in [0.15, 0.2) is 29.4 Å². The largest absolute Gasteiger partial charge is 0.298 e. The molecule has 5 heteroatoms. The molecule has 0 saturated heterocycles. The first kappa shape index (κ1) is 23.5. The van der Waals surface area contributed by atoms with Crippen LogP contribution in [0.1, 0.15) is 85.0 Å². The van der Waals surface area contributed by atoms with Gasteiger partial charge < -0.3 is 0 Å². The van der Waals surface area contributed by atoms with Crippen molar-refractivity contribution in [3.05, 3.63) is 24.4 Å². The van der Waals surface area contributed by atoms with Gasteiger partial charge in [0.25, 0.3) is 0 Å². The van der Waals surface area contributed by atoms with Crippen LogP contribution in [0.5, 0.6) is 0 Å². The number of Topliss-reactive ketones (excluding diaryl/α,β-unsaturated/α-hetero) is 1. The third-order valence-corrected chi connectivity index (χ3v) is 6.63. The van der Waals surface area contributed by atoms with E-state index in [9.17, 15) is 4.79 Å². The average Bonchev–Trinajstić information content (AvgIpc) is 2.67. The zero-order chi connectivity index (χ0) is 19.0. The lowest BCUT2D eigenvalue weighted by molar-refractivity contribution is -0.124. The number of carbonyl (C=O) groups excluding carboxylic acids is 1. The maximum atomic E-state index is 12.9. The van der Waals surface area contributed by atoms with Crippen molar-refractivity contribution >= 4 is 27.6 Å². The van der Waals surface area contributed by atoms with Gasteiger partial charge in [-0.25, -0.2) is 9.71 Å². The van der Waals surface area contributed by atoms with Gasteiger partial charge in [-0.05, 0) is 53.7 Å². The predicted octanol–water partition coefficient (Wildman–Crippen LogP) is 6.84. The van der Waals surface area contributed by atoms with Gasteiger partial charge in [-0.2, -0.15) is 0 Å². The molecule has 0 fully saturated rings. The van der Waals surface area contributed by atoms with E-state index in [-0.39, 0.29) is 12.0 Å². The first-order valence-electron chi connectivity index (χ1n) is 10.2. The van der Waals surface area contributed by atoms with Crippen molar-refractivity contribution in [1.29, 1.82) is 0 Å². The summed E-state index contributed by atoms with van der Waals surface area (Å²) < 4.78 is 3.30. The summed E-state index contributed by atoms with van der Waals surface area (Å²) in [6, 6.07) is 5.76. The van der Waals surface area contributed by atoms with Crippen LogP contribution in [0.25, 0.3) is 0 Å². The maximum Gasteiger partial charge on any atom is 0.153 e. The Morgan fingerprint density at radius 3 is 2.23 bits per heavy atom. The normalized spacial score (nSPS) is 12.5. The van der Waals surface area contributed by atoms with Crippen molar-refractivity contribution in [2.45, 2.75) is 96.0 Å².